The Morgan fingerprint density at radius 2 is 1.85 bits per heavy atom. The second-order valence-electron chi connectivity index (χ2n) is 7.32. The van der Waals surface area contributed by atoms with Gasteiger partial charge in [-0.1, -0.05) is 12.1 Å². The number of hydrogen-bond donors (Lipinski definition) is 3. The molecular formula is C22H20F3N7O. The van der Waals surface area contributed by atoms with Gasteiger partial charge in [0.25, 0.3) is 5.91 Å². The lowest BCUT2D eigenvalue weighted by Crippen LogP contribution is -2.15. The molecule has 3 heterocycles. The van der Waals surface area contributed by atoms with Crippen molar-refractivity contribution in [2.75, 3.05) is 18.1 Å². The normalized spacial score (nSPS) is 12.6. The summed E-state index contributed by atoms with van der Waals surface area (Å²) in [6.07, 6.45) is -0.171. The number of nitrogens with zero attached hydrogens (tertiary/aromatic N) is 4. The van der Waals surface area contributed by atoms with Gasteiger partial charge >= 0.3 is 6.18 Å². The summed E-state index contributed by atoms with van der Waals surface area (Å²) in [5.74, 6) is 0.276. The largest absolute Gasteiger partial charge is 0.416 e. The molecule has 4 N–H and O–H groups in total. The van der Waals surface area contributed by atoms with Crippen LogP contribution in [0.5, 0.6) is 0 Å². The minimum absolute atomic E-state index is 0.0573. The molecule has 0 aliphatic carbocycles. The second-order valence-corrected chi connectivity index (χ2v) is 7.32. The molecule has 1 amide bonds. The summed E-state index contributed by atoms with van der Waals surface area (Å²) < 4.78 is 40.5. The molecule has 11 heteroatoms. The fourth-order valence-electron chi connectivity index (χ4n) is 3.37. The zero-order valence-electron chi connectivity index (χ0n) is 17.7. The van der Waals surface area contributed by atoms with Crippen LogP contribution in [0.4, 0.5) is 24.8 Å². The quantitative estimate of drug-likeness (QED) is 0.421. The van der Waals surface area contributed by atoms with Gasteiger partial charge in [-0.2, -0.15) is 13.2 Å². The monoisotopic (exact) mass is 455 g/mol. The molecule has 0 aliphatic rings. The highest BCUT2D eigenvalue weighted by molar-refractivity contribution is 6.04. The first-order valence-electron chi connectivity index (χ1n) is 9.93. The molecule has 4 aromatic rings. The number of pyridine rings is 1. The zero-order valence-corrected chi connectivity index (χ0v) is 17.7. The Kier molecular flexibility index (Phi) is 5.73. The van der Waals surface area contributed by atoms with Gasteiger partial charge in [0.15, 0.2) is 0 Å². The van der Waals surface area contributed by atoms with Crippen LogP contribution in [-0.2, 0) is 6.18 Å². The Morgan fingerprint density at radius 3 is 2.52 bits per heavy atom. The Bertz CT molecular complexity index is 1320. The average molecular weight is 455 g/mol. The maximum atomic E-state index is 12.9. The number of rotatable bonds is 5. The third-order valence-corrected chi connectivity index (χ3v) is 5.18. The van der Waals surface area contributed by atoms with Crippen LogP contribution in [0.2, 0.25) is 0 Å². The number of amides is 1. The van der Waals surface area contributed by atoms with E-state index < -0.39 is 17.6 Å². The number of halogens is 3. The molecule has 4 rings (SSSR count). The number of aromatic nitrogens is 4. The minimum atomic E-state index is -4.53. The first kappa shape index (κ1) is 22.2. The number of benzene rings is 1. The van der Waals surface area contributed by atoms with Crippen LogP contribution in [0.25, 0.3) is 16.8 Å². The standard InChI is InChI=1S/C22H20F3N7O/c1-12(27-2)20-31-17(18-19(26)29-9-10-32(18)20)13-3-5-14(6-4-13)21(33)30-16-11-15(7-8-28-16)22(23,24)25/h3-12,27H,1-2H3,(H2,26,29)(H,28,30,33). The average Bonchev–Trinajstić information content (AvgIpc) is 3.19. The number of alkyl halides is 3. The number of anilines is 2. The van der Waals surface area contributed by atoms with Gasteiger partial charge in [-0.15, -0.1) is 0 Å². The van der Waals surface area contributed by atoms with Gasteiger partial charge in [-0.3, -0.25) is 9.20 Å². The lowest BCUT2D eigenvalue weighted by molar-refractivity contribution is -0.137. The lowest BCUT2D eigenvalue weighted by Gasteiger charge is -2.09. The molecule has 0 radical (unpaired) electrons. The minimum Gasteiger partial charge on any atom is -0.382 e. The van der Waals surface area contributed by atoms with Crippen LogP contribution in [0.3, 0.4) is 0 Å². The van der Waals surface area contributed by atoms with Gasteiger partial charge in [0.1, 0.15) is 28.7 Å². The molecule has 0 bridgehead atoms. The molecule has 0 fully saturated rings. The van der Waals surface area contributed by atoms with E-state index in [9.17, 15) is 18.0 Å². The van der Waals surface area contributed by atoms with Crippen molar-refractivity contribution in [3.63, 3.8) is 0 Å². The van der Waals surface area contributed by atoms with Crippen molar-refractivity contribution in [1.82, 2.24) is 24.7 Å². The van der Waals surface area contributed by atoms with Crippen molar-refractivity contribution in [1.29, 1.82) is 0 Å². The number of nitrogen functional groups attached to an aromatic ring is 1. The summed E-state index contributed by atoms with van der Waals surface area (Å²) in [4.78, 5) is 25.2. The topological polar surface area (TPSA) is 110 Å². The number of carbonyl (C=O) groups is 1. The van der Waals surface area contributed by atoms with E-state index >= 15 is 0 Å². The summed E-state index contributed by atoms with van der Waals surface area (Å²) in [6.45, 7) is 1.96. The molecule has 170 valence electrons. The van der Waals surface area contributed by atoms with Crippen LogP contribution in [0, 0.1) is 0 Å². The summed E-state index contributed by atoms with van der Waals surface area (Å²) in [7, 11) is 1.82. The van der Waals surface area contributed by atoms with Gasteiger partial charge < -0.3 is 16.4 Å². The first-order chi connectivity index (χ1) is 15.7. The fraction of sp³-hybridized carbons (Fsp3) is 0.182. The van der Waals surface area contributed by atoms with Gasteiger partial charge in [0, 0.05) is 29.7 Å². The highest BCUT2D eigenvalue weighted by Gasteiger charge is 2.31. The highest BCUT2D eigenvalue weighted by atomic mass is 19.4. The van der Waals surface area contributed by atoms with Crippen molar-refractivity contribution in [2.45, 2.75) is 19.1 Å². The molecule has 0 aliphatic heterocycles. The smallest absolute Gasteiger partial charge is 0.382 e. The number of imidazole rings is 1. The van der Waals surface area contributed by atoms with E-state index in [1.165, 1.54) is 0 Å². The highest BCUT2D eigenvalue weighted by Crippen LogP contribution is 2.31. The first-order valence-corrected chi connectivity index (χ1v) is 9.93. The molecule has 1 atom stereocenters. The van der Waals surface area contributed by atoms with E-state index in [4.69, 9.17) is 10.7 Å². The van der Waals surface area contributed by atoms with Crippen LogP contribution in [-0.4, -0.2) is 32.3 Å². The van der Waals surface area contributed by atoms with Crippen LogP contribution >= 0.6 is 0 Å². The summed E-state index contributed by atoms with van der Waals surface area (Å²) in [5.41, 5.74) is 7.41. The van der Waals surface area contributed by atoms with E-state index in [0.717, 1.165) is 24.2 Å². The van der Waals surface area contributed by atoms with Crippen molar-refractivity contribution >= 4 is 23.1 Å². The molecule has 1 aromatic carbocycles. The van der Waals surface area contributed by atoms with Crippen LogP contribution in [0.1, 0.15) is 34.7 Å². The molecule has 1 unspecified atom stereocenters. The summed E-state index contributed by atoms with van der Waals surface area (Å²) >= 11 is 0. The fourth-order valence-corrected chi connectivity index (χ4v) is 3.37. The van der Waals surface area contributed by atoms with Crippen molar-refractivity contribution in [3.8, 4) is 11.3 Å². The predicted octanol–water partition coefficient (Wildman–Crippen LogP) is 3.93. The van der Waals surface area contributed by atoms with Gasteiger partial charge in [0.2, 0.25) is 0 Å². The van der Waals surface area contributed by atoms with E-state index in [1.807, 2.05) is 18.4 Å². The van der Waals surface area contributed by atoms with Gasteiger partial charge in [-0.05, 0) is 38.2 Å². The Hall–Kier alpha value is -3.99. The molecule has 3 aromatic heterocycles. The lowest BCUT2D eigenvalue weighted by atomic mass is 10.1. The third-order valence-electron chi connectivity index (χ3n) is 5.18. The van der Waals surface area contributed by atoms with Crippen molar-refractivity contribution < 1.29 is 18.0 Å². The predicted molar refractivity (Wildman–Crippen MR) is 118 cm³/mol. The number of hydrogen-bond acceptors (Lipinski definition) is 6. The molecule has 33 heavy (non-hydrogen) atoms. The molecule has 0 spiro atoms. The van der Waals surface area contributed by atoms with E-state index in [1.54, 1.807) is 36.7 Å². The Labute approximate surface area is 186 Å². The van der Waals surface area contributed by atoms with Crippen molar-refractivity contribution in [2.24, 2.45) is 0 Å². The number of nitrogens with one attached hydrogen (secondary N) is 2. The summed E-state index contributed by atoms with van der Waals surface area (Å²) in [6, 6.07) is 8.05. The molecule has 8 nitrogen and oxygen atoms in total. The van der Waals surface area contributed by atoms with Gasteiger partial charge in [0.05, 0.1) is 11.6 Å². The van der Waals surface area contributed by atoms with E-state index in [-0.39, 0.29) is 17.4 Å². The SMILES string of the molecule is CNC(C)c1nc(-c2ccc(C(=O)Nc3cc(C(F)(F)F)ccn3)cc2)c2c(N)nccn12. The van der Waals surface area contributed by atoms with E-state index in [0.29, 0.717) is 22.6 Å². The maximum absolute atomic E-state index is 12.9. The Balaban J connectivity index is 1.63. The third kappa shape index (κ3) is 4.35. The maximum Gasteiger partial charge on any atom is 0.416 e. The molecule has 0 saturated carbocycles. The Morgan fingerprint density at radius 1 is 1.12 bits per heavy atom. The van der Waals surface area contributed by atoms with E-state index in [2.05, 4.69) is 20.6 Å². The number of fused-ring (bicyclic) bond motifs is 1. The second kappa shape index (κ2) is 8.51. The number of carbonyl (C=O) groups excluding carboxylic acids is 1. The number of nitrogens with two attached hydrogens (primary N) is 1. The summed E-state index contributed by atoms with van der Waals surface area (Å²) in [5, 5.41) is 5.53. The van der Waals surface area contributed by atoms with Gasteiger partial charge in [-0.25, -0.2) is 15.0 Å². The van der Waals surface area contributed by atoms with Crippen molar-refractivity contribution in [3.05, 3.63) is 71.9 Å². The molecule has 0 saturated heterocycles. The van der Waals surface area contributed by atoms with Crippen LogP contribution in [0.15, 0.2) is 55.0 Å². The zero-order chi connectivity index (χ0) is 23.8. The van der Waals surface area contributed by atoms with Crippen LogP contribution < -0.4 is 16.4 Å². The molecular weight excluding hydrogens is 435 g/mol.